The maximum absolute atomic E-state index is 12.7. The van der Waals surface area contributed by atoms with Crippen LogP contribution in [0.25, 0.3) is 0 Å². The second kappa shape index (κ2) is 10.1. The number of rotatable bonds is 6. The molecule has 3 fully saturated rings. The molecule has 3 aliphatic heterocycles. The van der Waals surface area contributed by atoms with Crippen molar-refractivity contribution in [3.63, 3.8) is 0 Å². The lowest BCUT2D eigenvalue weighted by atomic mass is 10.0. The minimum atomic E-state index is -0.287. The summed E-state index contributed by atoms with van der Waals surface area (Å²) < 4.78 is 11.3. The molecule has 3 atom stereocenters. The predicted octanol–water partition coefficient (Wildman–Crippen LogP) is 3.51. The summed E-state index contributed by atoms with van der Waals surface area (Å²) >= 11 is 0. The Labute approximate surface area is 188 Å². The Bertz CT molecular complexity index is 841. The fourth-order valence-corrected chi connectivity index (χ4v) is 4.92. The monoisotopic (exact) mass is 441 g/mol. The summed E-state index contributed by atoms with van der Waals surface area (Å²) in [4.78, 5) is 33.0. The van der Waals surface area contributed by atoms with Gasteiger partial charge in [-0.1, -0.05) is 13.3 Å². The number of likely N-dealkylation sites (tertiary alicyclic amines) is 1. The molecule has 172 valence electrons. The van der Waals surface area contributed by atoms with Crippen LogP contribution < -0.4 is 5.32 Å². The lowest BCUT2D eigenvalue weighted by molar-refractivity contribution is 0.00292. The quantitative estimate of drug-likeness (QED) is 0.673. The Hall–Kier alpha value is -3.02. The highest BCUT2D eigenvalue weighted by atomic mass is 16.6. The van der Waals surface area contributed by atoms with E-state index in [9.17, 15) is 9.59 Å². The van der Waals surface area contributed by atoms with Crippen molar-refractivity contribution in [3.05, 3.63) is 23.9 Å². The van der Waals surface area contributed by atoms with Gasteiger partial charge in [-0.25, -0.2) is 14.6 Å². The number of piperidine rings is 1. The number of ether oxygens (including phenoxy) is 2. The van der Waals surface area contributed by atoms with Crippen molar-refractivity contribution in [1.82, 2.24) is 14.8 Å². The first kappa shape index (κ1) is 22.2. The van der Waals surface area contributed by atoms with E-state index >= 15 is 0 Å². The number of nitrogens with one attached hydrogen (secondary N) is 1. The van der Waals surface area contributed by atoms with Crippen molar-refractivity contribution in [2.75, 3.05) is 25.0 Å². The van der Waals surface area contributed by atoms with Gasteiger partial charge in [0.25, 0.3) is 0 Å². The molecule has 4 heterocycles. The van der Waals surface area contributed by atoms with E-state index in [0.717, 1.165) is 32.1 Å². The van der Waals surface area contributed by atoms with Crippen LogP contribution in [0.4, 0.5) is 15.4 Å². The number of hydrogen-bond acceptors (Lipinski definition) is 7. The molecule has 4 rings (SSSR count). The Morgan fingerprint density at radius 2 is 2.00 bits per heavy atom. The van der Waals surface area contributed by atoms with E-state index in [1.807, 2.05) is 4.90 Å². The summed E-state index contributed by atoms with van der Waals surface area (Å²) in [6.45, 7) is 3.71. The predicted molar refractivity (Wildman–Crippen MR) is 117 cm³/mol. The molecule has 0 radical (unpaired) electrons. The van der Waals surface area contributed by atoms with E-state index in [0.29, 0.717) is 43.9 Å². The van der Waals surface area contributed by atoms with Gasteiger partial charge in [-0.05, 0) is 37.8 Å². The SMILES string of the molecule is CCCCOC(=O)N1C2CCC1CC(OC(=O)N1CCC(Nc3ccc(C#N)cn3)C1)C2. The molecular formula is C23H31N5O4. The average Bonchev–Trinajstić information content (AvgIpc) is 3.37. The third-order valence-corrected chi connectivity index (χ3v) is 6.58. The second-order valence-corrected chi connectivity index (χ2v) is 8.86. The van der Waals surface area contributed by atoms with Crippen molar-refractivity contribution in [1.29, 1.82) is 5.26 Å². The number of nitriles is 1. The van der Waals surface area contributed by atoms with Gasteiger partial charge in [-0.15, -0.1) is 0 Å². The number of fused-ring (bicyclic) bond motifs is 2. The minimum Gasteiger partial charge on any atom is -0.449 e. The Balaban J connectivity index is 1.24. The Morgan fingerprint density at radius 1 is 1.22 bits per heavy atom. The van der Waals surface area contributed by atoms with Crippen LogP contribution in [0.15, 0.2) is 18.3 Å². The van der Waals surface area contributed by atoms with E-state index < -0.39 is 0 Å². The zero-order valence-electron chi connectivity index (χ0n) is 18.5. The van der Waals surface area contributed by atoms with Gasteiger partial charge in [0, 0.05) is 50.3 Å². The molecule has 2 amide bonds. The number of carbonyl (C=O) groups excluding carboxylic acids is 2. The van der Waals surface area contributed by atoms with Gasteiger partial charge >= 0.3 is 12.2 Å². The standard InChI is InChI=1S/C23H31N5O4/c1-2-3-10-31-23(30)28-18-5-6-19(28)12-20(11-18)32-22(29)27-9-8-17(15-27)26-21-7-4-16(13-24)14-25-21/h4,7,14,17-20H,2-3,5-6,8-12,15H2,1H3,(H,25,26). The highest BCUT2D eigenvalue weighted by Crippen LogP contribution is 2.37. The smallest absolute Gasteiger partial charge is 0.410 e. The topological polar surface area (TPSA) is 108 Å². The third-order valence-electron chi connectivity index (χ3n) is 6.58. The molecule has 1 aromatic heterocycles. The van der Waals surface area contributed by atoms with Crippen molar-refractivity contribution >= 4 is 18.0 Å². The number of nitrogens with zero attached hydrogens (tertiary/aromatic N) is 4. The first-order valence-electron chi connectivity index (χ1n) is 11.6. The number of amides is 2. The van der Waals surface area contributed by atoms with Gasteiger partial charge in [0.15, 0.2) is 0 Å². The van der Waals surface area contributed by atoms with E-state index in [2.05, 4.69) is 23.3 Å². The molecule has 3 unspecified atom stereocenters. The second-order valence-electron chi connectivity index (χ2n) is 8.86. The summed E-state index contributed by atoms with van der Waals surface area (Å²) in [5, 5.41) is 12.2. The molecule has 3 aliphatic rings. The first-order valence-corrected chi connectivity index (χ1v) is 11.6. The van der Waals surface area contributed by atoms with Crippen molar-refractivity contribution in [3.8, 4) is 6.07 Å². The summed E-state index contributed by atoms with van der Waals surface area (Å²) in [6, 6.07) is 5.83. The molecular weight excluding hydrogens is 410 g/mol. The van der Waals surface area contributed by atoms with E-state index in [1.54, 1.807) is 17.0 Å². The van der Waals surface area contributed by atoms with Crippen LogP contribution in [-0.2, 0) is 9.47 Å². The van der Waals surface area contributed by atoms with Crippen molar-refractivity contribution < 1.29 is 19.1 Å². The number of anilines is 1. The summed E-state index contributed by atoms with van der Waals surface area (Å²) in [5.74, 6) is 0.694. The fraction of sp³-hybridized carbons (Fsp3) is 0.652. The first-order chi connectivity index (χ1) is 15.6. The number of pyridine rings is 1. The Morgan fingerprint density at radius 3 is 2.66 bits per heavy atom. The summed E-state index contributed by atoms with van der Waals surface area (Å²) in [6.07, 6.45) is 6.78. The largest absolute Gasteiger partial charge is 0.449 e. The molecule has 0 saturated carbocycles. The van der Waals surface area contributed by atoms with E-state index in [4.69, 9.17) is 14.7 Å². The lowest BCUT2D eigenvalue weighted by Gasteiger charge is -2.38. The molecule has 9 heteroatoms. The van der Waals surface area contributed by atoms with Crippen LogP contribution in [0.1, 0.15) is 57.4 Å². The zero-order chi connectivity index (χ0) is 22.5. The zero-order valence-corrected chi connectivity index (χ0v) is 18.5. The van der Waals surface area contributed by atoms with E-state index in [-0.39, 0.29) is 36.4 Å². The highest BCUT2D eigenvalue weighted by Gasteiger charge is 2.45. The van der Waals surface area contributed by atoms with Gasteiger partial charge in [-0.2, -0.15) is 5.26 Å². The summed E-state index contributed by atoms with van der Waals surface area (Å²) in [5.41, 5.74) is 0.515. The van der Waals surface area contributed by atoms with Crippen LogP contribution in [-0.4, -0.2) is 70.9 Å². The summed E-state index contributed by atoms with van der Waals surface area (Å²) in [7, 11) is 0. The van der Waals surface area contributed by atoms with Crippen molar-refractivity contribution in [2.45, 2.75) is 76.1 Å². The Kier molecular flexibility index (Phi) is 6.98. The number of hydrogen-bond donors (Lipinski definition) is 1. The van der Waals surface area contributed by atoms with Crippen molar-refractivity contribution in [2.24, 2.45) is 0 Å². The van der Waals surface area contributed by atoms with Crippen LogP contribution in [0.2, 0.25) is 0 Å². The molecule has 0 aliphatic carbocycles. The number of carbonyl (C=O) groups is 2. The molecule has 9 nitrogen and oxygen atoms in total. The van der Waals surface area contributed by atoms with Crippen LogP contribution >= 0.6 is 0 Å². The fourth-order valence-electron chi connectivity index (χ4n) is 4.92. The lowest BCUT2D eigenvalue weighted by Crippen LogP contribution is -2.49. The maximum atomic E-state index is 12.7. The molecule has 1 N–H and O–H groups in total. The van der Waals surface area contributed by atoms with Gasteiger partial charge < -0.3 is 24.6 Å². The molecule has 32 heavy (non-hydrogen) atoms. The average molecular weight is 442 g/mol. The molecule has 2 bridgehead atoms. The van der Waals surface area contributed by atoms with Gasteiger partial charge in [-0.3, -0.25) is 0 Å². The van der Waals surface area contributed by atoms with Gasteiger partial charge in [0.05, 0.1) is 12.2 Å². The molecule has 0 spiro atoms. The molecule has 3 saturated heterocycles. The van der Waals surface area contributed by atoms with Crippen LogP contribution in [0, 0.1) is 11.3 Å². The normalized spacial score (nSPS) is 26.5. The third kappa shape index (κ3) is 5.06. The van der Waals surface area contributed by atoms with E-state index in [1.165, 1.54) is 6.20 Å². The number of aromatic nitrogens is 1. The highest BCUT2D eigenvalue weighted by molar-refractivity contribution is 5.70. The van der Waals surface area contributed by atoms with Gasteiger partial charge in [0.2, 0.25) is 0 Å². The molecule has 0 aromatic carbocycles. The van der Waals surface area contributed by atoms with Crippen LogP contribution in [0.5, 0.6) is 0 Å². The molecule has 1 aromatic rings. The van der Waals surface area contributed by atoms with Crippen LogP contribution in [0.3, 0.4) is 0 Å². The van der Waals surface area contributed by atoms with Gasteiger partial charge in [0.1, 0.15) is 18.0 Å². The number of unbranched alkanes of at least 4 members (excludes halogenated alkanes) is 1. The minimum absolute atomic E-state index is 0.0936. The maximum Gasteiger partial charge on any atom is 0.410 e.